The van der Waals surface area contributed by atoms with Crippen molar-refractivity contribution in [1.82, 2.24) is 5.32 Å². The number of nitrogens with one attached hydrogen (secondary N) is 1. The van der Waals surface area contributed by atoms with Crippen LogP contribution in [0.2, 0.25) is 0 Å². The summed E-state index contributed by atoms with van der Waals surface area (Å²) in [5.74, 6) is 0. The molecule has 0 saturated carbocycles. The minimum atomic E-state index is -0.419. The summed E-state index contributed by atoms with van der Waals surface area (Å²) < 4.78 is 0. The van der Waals surface area contributed by atoms with Gasteiger partial charge in [-0.1, -0.05) is 121 Å². The van der Waals surface area contributed by atoms with Gasteiger partial charge in [-0.15, -0.1) is 0 Å². The summed E-state index contributed by atoms with van der Waals surface area (Å²) in [4.78, 5) is 0. The molecule has 0 spiro atoms. The molecule has 0 saturated heterocycles. The van der Waals surface area contributed by atoms with E-state index in [4.69, 9.17) is 0 Å². The van der Waals surface area contributed by atoms with Crippen LogP contribution in [0.25, 0.3) is 0 Å². The zero-order valence-electron chi connectivity index (χ0n) is 16.8. The van der Waals surface area contributed by atoms with E-state index in [0.29, 0.717) is 0 Å². The minimum absolute atomic E-state index is 0.276. The van der Waals surface area contributed by atoms with E-state index in [1.165, 1.54) is 22.3 Å². The Labute approximate surface area is 174 Å². The zero-order chi connectivity index (χ0) is 19.9. The zero-order valence-corrected chi connectivity index (χ0v) is 16.8. The van der Waals surface area contributed by atoms with Crippen molar-refractivity contribution in [3.05, 3.63) is 144 Å². The van der Waals surface area contributed by atoms with Gasteiger partial charge in [0.1, 0.15) is 0 Å². The Morgan fingerprint density at radius 2 is 0.897 bits per heavy atom. The van der Waals surface area contributed by atoms with Gasteiger partial charge in [-0.2, -0.15) is 0 Å². The largest absolute Gasteiger partial charge is 0.297 e. The van der Waals surface area contributed by atoms with E-state index >= 15 is 0 Å². The SMILES string of the molecule is CC(Cc1ccccc1)NC(c1ccccc1)(c1ccccc1)c1ccccc1. The molecule has 0 amide bonds. The molecule has 0 heterocycles. The fourth-order valence-electron chi connectivity index (χ4n) is 4.20. The minimum Gasteiger partial charge on any atom is -0.297 e. The van der Waals surface area contributed by atoms with Crippen molar-refractivity contribution in [1.29, 1.82) is 0 Å². The van der Waals surface area contributed by atoms with E-state index < -0.39 is 5.54 Å². The molecule has 144 valence electrons. The molecule has 1 N–H and O–H groups in total. The molecule has 0 aliphatic rings. The van der Waals surface area contributed by atoms with Crippen molar-refractivity contribution in [3.8, 4) is 0 Å². The molecule has 0 aliphatic carbocycles. The summed E-state index contributed by atoms with van der Waals surface area (Å²) in [6.45, 7) is 2.27. The third-order valence-corrected chi connectivity index (χ3v) is 5.47. The van der Waals surface area contributed by atoms with Gasteiger partial charge < -0.3 is 0 Å². The van der Waals surface area contributed by atoms with Gasteiger partial charge in [0.25, 0.3) is 0 Å². The Balaban J connectivity index is 1.83. The van der Waals surface area contributed by atoms with Gasteiger partial charge in [0.15, 0.2) is 0 Å². The van der Waals surface area contributed by atoms with E-state index in [9.17, 15) is 0 Å². The van der Waals surface area contributed by atoms with Crippen LogP contribution in [-0.2, 0) is 12.0 Å². The summed E-state index contributed by atoms with van der Waals surface area (Å²) >= 11 is 0. The highest BCUT2D eigenvalue weighted by molar-refractivity contribution is 5.49. The second-order valence-corrected chi connectivity index (χ2v) is 7.58. The van der Waals surface area contributed by atoms with Crippen molar-refractivity contribution < 1.29 is 0 Å². The first kappa shape index (κ1) is 19.2. The summed E-state index contributed by atoms with van der Waals surface area (Å²) in [5, 5.41) is 4.03. The fraction of sp³-hybridized carbons (Fsp3) is 0.143. The highest BCUT2D eigenvalue weighted by Gasteiger charge is 2.37. The molecule has 0 bridgehead atoms. The fourth-order valence-corrected chi connectivity index (χ4v) is 4.20. The van der Waals surface area contributed by atoms with Crippen molar-refractivity contribution >= 4 is 0 Å². The lowest BCUT2D eigenvalue weighted by Crippen LogP contribution is -2.49. The molecule has 1 unspecified atom stereocenters. The third-order valence-electron chi connectivity index (χ3n) is 5.47. The standard InChI is InChI=1S/C28H27N/c1-23(22-24-14-6-2-7-15-24)29-28(25-16-8-3-9-17-25,26-18-10-4-11-19-26)27-20-12-5-13-21-27/h2-21,23,29H,22H2,1H3. The Kier molecular flexibility index (Phi) is 5.88. The molecule has 0 aliphatic heterocycles. The molecule has 4 rings (SSSR count). The van der Waals surface area contributed by atoms with E-state index in [2.05, 4.69) is 134 Å². The predicted octanol–water partition coefficient (Wildman–Crippen LogP) is 6.20. The van der Waals surface area contributed by atoms with Crippen molar-refractivity contribution in [2.75, 3.05) is 0 Å². The average molecular weight is 378 g/mol. The molecular formula is C28H27N. The van der Waals surface area contributed by atoms with Gasteiger partial charge in [-0.05, 0) is 35.6 Å². The van der Waals surface area contributed by atoms with Crippen molar-refractivity contribution in [2.24, 2.45) is 0 Å². The Bertz CT molecular complexity index is 898. The highest BCUT2D eigenvalue weighted by Crippen LogP contribution is 2.37. The summed E-state index contributed by atoms with van der Waals surface area (Å²) in [6, 6.07) is 43.3. The van der Waals surface area contributed by atoms with Gasteiger partial charge in [0.05, 0.1) is 5.54 Å². The maximum absolute atomic E-state index is 4.03. The second kappa shape index (κ2) is 8.89. The molecule has 1 nitrogen and oxygen atoms in total. The Morgan fingerprint density at radius 3 is 1.28 bits per heavy atom. The molecule has 4 aromatic rings. The molecule has 29 heavy (non-hydrogen) atoms. The Morgan fingerprint density at radius 1 is 0.552 bits per heavy atom. The number of benzene rings is 4. The molecule has 1 atom stereocenters. The average Bonchev–Trinajstić information content (AvgIpc) is 2.80. The monoisotopic (exact) mass is 377 g/mol. The van der Waals surface area contributed by atoms with Crippen LogP contribution >= 0.6 is 0 Å². The van der Waals surface area contributed by atoms with Crippen LogP contribution in [0, 0.1) is 0 Å². The molecule has 0 aromatic heterocycles. The highest BCUT2D eigenvalue weighted by atomic mass is 15.0. The first-order chi connectivity index (χ1) is 14.3. The lowest BCUT2D eigenvalue weighted by atomic mass is 9.76. The molecular weight excluding hydrogens is 350 g/mol. The first-order valence-electron chi connectivity index (χ1n) is 10.3. The molecule has 4 aromatic carbocycles. The van der Waals surface area contributed by atoms with E-state index in [1.54, 1.807) is 0 Å². The normalized spacial score (nSPS) is 12.4. The summed E-state index contributed by atoms with van der Waals surface area (Å²) in [6.07, 6.45) is 0.967. The van der Waals surface area contributed by atoms with Gasteiger partial charge in [0, 0.05) is 6.04 Å². The maximum Gasteiger partial charge on any atom is 0.0950 e. The summed E-state index contributed by atoms with van der Waals surface area (Å²) in [7, 11) is 0. The van der Waals surface area contributed by atoms with Gasteiger partial charge in [0.2, 0.25) is 0 Å². The van der Waals surface area contributed by atoms with Crippen LogP contribution in [-0.4, -0.2) is 6.04 Å². The third kappa shape index (κ3) is 4.16. The smallest absolute Gasteiger partial charge is 0.0950 e. The molecule has 1 heteroatoms. The summed E-state index contributed by atoms with van der Waals surface area (Å²) in [5.41, 5.74) is 4.67. The van der Waals surface area contributed by atoms with Crippen LogP contribution in [0.5, 0.6) is 0 Å². The van der Waals surface area contributed by atoms with Gasteiger partial charge >= 0.3 is 0 Å². The maximum atomic E-state index is 4.03. The van der Waals surface area contributed by atoms with Crippen LogP contribution in [0.1, 0.15) is 29.2 Å². The lowest BCUT2D eigenvalue weighted by molar-refractivity contribution is 0.405. The van der Waals surface area contributed by atoms with Crippen LogP contribution < -0.4 is 5.32 Å². The lowest BCUT2D eigenvalue weighted by Gasteiger charge is -2.39. The van der Waals surface area contributed by atoms with Crippen molar-refractivity contribution in [2.45, 2.75) is 24.9 Å². The van der Waals surface area contributed by atoms with Crippen LogP contribution in [0.3, 0.4) is 0 Å². The Hall–Kier alpha value is -3.16. The van der Waals surface area contributed by atoms with Gasteiger partial charge in [-0.3, -0.25) is 5.32 Å². The van der Waals surface area contributed by atoms with Gasteiger partial charge in [-0.25, -0.2) is 0 Å². The van der Waals surface area contributed by atoms with E-state index in [-0.39, 0.29) is 6.04 Å². The van der Waals surface area contributed by atoms with Crippen LogP contribution in [0.4, 0.5) is 0 Å². The molecule has 0 radical (unpaired) electrons. The second-order valence-electron chi connectivity index (χ2n) is 7.58. The van der Waals surface area contributed by atoms with E-state index in [1.807, 2.05) is 0 Å². The number of hydrogen-bond donors (Lipinski definition) is 1. The molecule has 0 fully saturated rings. The van der Waals surface area contributed by atoms with E-state index in [0.717, 1.165) is 6.42 Å². The quantitative estimate of drug-likeness (QED) is 0.378. The topological polar surface area (TPSA) is 12.0 Å². The van der Waals surface area contributed by atoms with Crippen molar-refractivity contribution in [3.63, 3.8) is 0 Å². The van der Waals surface area contributed by atoms with Crippen LogP contribution in [0.15, 0.2) is 121 Å². The predicted molar refractivity (Wildman–Crippen MR) is 122 cm³/mol. The first-order valence-corrected chi connectivity index (χ1v) is 10.3. The number of rotatable bonds is 7. The number of hydrogen-bond acceptors (Lipinski definition) is 1.